The van der Waals surface area contributed by atoms with Crippen LogP contribution >= 0.6 is 0 Å². The predicted molar refractivity (Wildman–Crippen MR) is 65.2 cm³/mol. The van der Waals surface area contributed by atoms with Crippen LogP contribution in [-0.4, -0.2) is 31.3 Å². The van der Waals surface area contributed by atoms with Crippen LogP contribution in [0.1, 0.15) is 45.4 Å². The molecular formula is C11H21NO4S. The highest BCUT2D eigenvalue weighted by Crippen LogP contribution is 2.27. The first-order valence-corrected chi connectivity index (χ1v) is 7.80. The van der Waals surface area contributed by atoms with E-state index < -0.39 is 16.0 Å². The second-order valence-electron chi connectivity index (χ2n) is 4.75. The van der Waals surface area contributed by atoms with Gasteiger partial charge in [-0.1, -0.05) is 6.92 Å². The third kappa shape index (κ3) is 5.50. The van der Waals surface area contributed by atoms with Gasteiger partial charge in [0, 0.05) is 12.5 Å². The minimum absolute atomic E-state index is 0.00315. The normalized spacial score (nSPS) is 25.7. The Bertz CT molecular complexity index is 344. The minimum Gasteiger partial charge on any atom is -0.481 e. The third-order valence-electron chi connectivity index (χ3n) is 3.13. The zero-order chi connectivity index (χ0) is 12.9. The molecular weight excluding hydrogens is 242 g/mol. The number of carbonyl (C=O) groups is 1. The Labute approximate surface area is 103 Å². The summed E-state index contributed by atoms with van der Waals surface area (Å²) in [6.07, 6.45) is 3.91. The topological polar surface area (TPSA) is 83.5 Å². The van der Waals surface area contributed by atoms with Crippen LogP contribution in [0.2, 0.25) is 0 Å². The SMILES string of the molecule is CCCS(=O)(=O)NC1CCC(CC(=O)O)CC1. The van der Waals surface area contributed by atoms with Crippen LogP contribution in [-0.2, 0) is 14.8 Å². The third-order valence-corrected chi connectivity index (χ3v) is 4.77. The van der Waals surface area contributed by atoms with E-state index in [-0.39, 0.29) is 24.1 Å². The lowest BCUT2D eigenvalue weighted by Crippen LogP contribution is -2.39. The summed E-state index contributed by atoms with van der Waals surface area (Å²) in [5, 5.41) is 8.68. The van der Waals surface area contributed by atoms with Crippen LogP contribution in [0, 0.1) is 5.92 Å². The molecule has 0 atom stereocenters. The number of aliphatic carboxylic acids is 1. The molecule has 0 aliphatic heterocycles. The van der Waals surface area contributed by atoms with Gasteiger partial charge in [-0.05, 0) is 38.0 Å². The standard InChI is InChI=1S/C11H21NO4S/c1-2-7-17(15,16)12-10-5-3-9(4-6-10)8-11(13)14/h9-10,12H,2-8H2,1H3,(H,13,14). The monoisotopic (exact) mass is 263 g/mol. The molecule has 0 radical (unpaired) electrons. The lowest BCUT2D eigenvalue weighted by Gasteiger charge is -2.28. The molecule has 1 fully saturated rings. The largest absolute Gasteiger partial charge is 0.481 e. The summed E-state index contributed by atoms with van der Waals surface area (Å²) in [6, 6.07) is -0.00315. The fourth-order valence-corrected chi connectivity index (χ4v) is 3.71. The number of carboxylic acid groups (broad SMARTS) is 1. The van der Waals surface area contributed by atoms with E-state index in [0.717, 1.165) is 25.7 Å². The summed E-state index contributed by atoms with van der Waals surface area (Å²) in [6.45, 7) is 1.84. The Morgan fingerprint density at radius 2 is 1.88 bits per heavy atom. The summed E-state index contributed by atoms with van der Waals surface area (Å²) in [5.41, 5.74) is 0. The highest BCUT2D eigenvalue weighted by molar-refractivity contribution is 7.89. The van der Waals surface area contributed by atoms with E-state index in [1.165, 1.54) is 0 Å². The van der Waals surface area contributed by atoms with Gasteiger partial charge in [-0.25, -0.2) is 13.1 Å². The Hall–Kier alpha value is -0.620. The van der Waals surface area contributed by atoms with E-state index in [1.54, 1.807) is 0 Å². The summed E-state index contributed by atoms with van der Waals surface area (Å²) in [7, 11) is -3.14. The molecule has 0 saturated heterocycles. The van der Waals surface area contributed by atoms with Gasteiger partial charge in [0.15, 0.2) is 0 Å². The number of rotatable bonds is 6. The van der Waals surface area contributed by atoms with E-state index in [9.17, 15) is 13.2 Å². The van der Waals surface area contributed by atoms with Crippen molar-refractivity contribution in [1.82, 2.24) is 4.72 Å². The van der Waals surface area contributed by atoms with Crippen molar-refractivity contribution in [1.29, 1.82) is 0 Å². The molecule has 0 aromatic rings. The molecule has 0 aromatic carbocycles. The summed E-state index contributed by atoms with van der Waals surface area (Å²) in [4.78, 5) is 10.6. The van der Waals surface area contributed by atoms with Crippen LogP contribution in [0.3, 0.4) is 0 Å². The van der Waals surface area contributed by atoms with E-state index in [4.69, 9.17) is 5.11 Å². The summed E-state index contributed by atoms with van der Waals surface area (Å²) in [5.74, 6) is -0.387. The molecule has 1 rings (SSSR count). The molecule has 0 spiro atoms. The second-order valence-corrected chi connectivity index (χ2v) is 6.63. The van der Waals surface area contributed by atoms with E-state index in [0.29, 0.717) is 6.42 Å². The Kier molecular flexibility index (Phi) is 5.39. The molecule has 17 heavy (non-hydrogen) atoms. The van der Waals surface area contributed by atoms with Crippen LogP contribution < -0.4 is 4.72 Å². The first-order chi connectivity index (χ1) is 7.93. The van der Waals surface area contributed by atoms with Gasteiger partial charge in [0.1, 0.15) is 0 Å². The van der Waals surface area contributed by atoms with E-state index in [1.807, 2.05) is 6.92 Å². The molecule has 1 saturated carbocycles. The number of nitrogens with one attached hydrogen (secondary N) is 1. The maximum Gasteiger partial charge on any atom is 0.303 e. The first kappa shape index (κ1) is 14.4. The van der Waals surface area contributed by atoms with Gasteiger partial charge < -0.3 is 5.11 Å². The Balaban J connectivity index is 2.35. The van der Waals surface area contributed by atoms with Gasteiger partial charge in [-0.2, -0.15) is 0 Å². The van der Waals surface area contributed by atoms with Gasteiger partial charge in [0.25, 0.3) is 0 Å². The summed E-state index contributed by atoms with van der Waals surface area (Å²) >= 11 is 0. The maximum atomic E-state index is 11.6. The van der Waals surface area contributed by atoms with Crippen molar-refractivity contribution >= 4 is 16.0 Å². The van der Waals surface area contributed by atoms with Crippen molar-refractivity contribution in [2.24, 2.45) is 5.92 Å². The maximum absolute atomic E-state index is 11.6. The first-order valence-electron chi connectivity index (χ1n) is 6.14. The van der Waals surface area contributed by atoms with Gasteiger partial charge in [0.05, 0.1) is 5.75 Å². The predicted octanol–water partition coefficient (Wildman–Crippen LogP) is 1.35. The smallest absolute Gasteiger partial charge is 0.303 e. The highest BCUT2D eigenvalue weighted by Gasteiger charge is 2.25. The molecule has 5 nitrogen and oxygen atoms in total. The molecule has 0 bridgehead atoms. The second kappa shape index (κ2) is 6.35. The van der Waals surface area contributed by atoms with Crippen LogP contribution in [0.4, 0.5) is 0 Å². The zero-order valence-electron chi connectivity index (χ0n) is 10.2. The molecule has 0 unspecified atom stereocenters. The molecule has 6 heteroatoms. The van der Waals surface area contributed by atoms with Crippen LogP contribution in [0.25, 0.3) is 0 Å². The Morgan fingerprint density at radius 1 is 1.29 bits per heavy atom. The molecule has 0 amide bonds. The molecule has 0 heterocycles. The lowest BCUT2D eigenvalue weighted by molar-refractivity contribution is -0.138. The molecule has 100 valence electrons. The van der Waals surface area contributed by atoms with Crippen LogP contribution in [0.15, 0.2) is 0 Å². The minimum atomic E-state index is -3.14. The number of carboxylic acids is 1. The molecule has 0 aromatic heterocycles. The fourth-order valence-electron chi connectivity index (χ4n) is 2.31. The molecule has 1 aliphatic rings. The van der Waals surface area contributed by atoms with Crippen molar-refractivity contribution in [3.8, 4) is 0 Å². The highest BCUT2D eigenvalue weighted by atomic mass is 32.2. The van der Waals surface area contributed by atoms with Gasteiger partial charge in [-0.3, -0.25) is 4.79 Å². The number of sulfonamides is 1. The summed E-state index contributed by atoms with van der Waals surface area (Å²) < 4.78 is 25.8. The van der Waals surface area contributed by atoms with E-state index >= 15 is 0 Å². The van der Waals surface area contributed by atoms with E-state index in [2.05, 4.69) is 4.72 Å². The Morgan fingerprint density at radius 3 is 2.35 bits per heavy atom. The average molecular weight is 263 g/mol. The lowest BCUT2D eigenvalue weighted by atomic mass is 9.84. The van der Waals surface area contributed by atoms with Gasteiger partial charge >= 0.3 is 5.97 Å². The van der Waals surface area contributed by atoms with Crippen LogP contribution in [0.5, 0.6) is 0 Å². The number of hydrogen-bond donors (Lipinski definition) is 2. The average Bonchev–Trinajstić information content (AvgIpc) is 2.19. The molecule has 1 aliphatic carbocycles. The van der Waals surface area contributed by atoms with Gasteiger partial charge in [-0.15, -0.1) is 0 Å². The molecule has 2 N–H and O–H groups in total. The van der Waals surface area contributed by atoms with Crippen molar-refractivity contribution in [2.45, 2.75) is 51.5 Å². The van der Waals surface area contributed by atoms with Gasteiger partial charge in [0.2, 0.25) is 10.0 Å². The fraction of sp³-hybridized carbons (Fsp3) is 0.909. The quantitative estimate of drug-likeness (QED) is 0.757. The van der Waals surface area contributed by atoms with Crippen molar-refractivity contribution in [3.05, 3.63) is 0 Å². The van der Waals surface area contributed by atoms with Crippen molar-refractivity contribution in [2.75, 3.05) is 5.75 Å². The zero-order valence-corrected chi connectivity index (χ0v) is 11.0. The van der Waals surface area contributed by atoms with Crippen molar-refractivity contribution in [3.63, 3.8) is 0 Å². The van der Waals surface area contributed by atoms with Crippen molar-refractivity contribution < 1.29 is 18.3 Å². The number of hydrogen-bond acceptors (Lipinski definition) is 3.